The van der Waals surface area contributed by atoms with Crippen molar-refractivity contribution in [2.45, 2.75) is 20.4 Å². The number of carbonyl (C=O) groups excluding carboxylic acids is 1. The molecule has 1 unspecified atom stereocenters. The van der Waals surface area contributed by atoms with E-state index >= 15 is 0 Å². The van der Waals surface area contributed by atoms with Crippen LogP contribution < -0.4 is 11.3 Å². The van der Waals surface area contributed by atoms with Gasteiger partial charge < -0.3 is 0 Å². The second kappa shape index (κ2) is 7.46. The molecule has 6 nitrogen and oxygen atoms in total. The highest BCUT2D eigenvalue weighted by Gasteiger charge is 2.10. The summed E-state index contributed by atoms with van der Waals surface area (Å²) in [5.41, 5.74) is 3.35. The smallest absolute Gasteiger partial charge is 0.266 e. The van der Waals surface area contributed by atoms with Crippen LogP contribution in [0.2, 0.25) is 0 Å². The van der Waals surface area contributed by atoms with E-state index in [4.69, 9.17) is 11.1 Å². The molecule has 0 fully saturated rings. The average Bonchev–Trinajstić information content (AvgIpc) is 2.46. The maximum absolute atomic E-state index is 11.3. The summed E-state index contributed by atoms with van der Waals surface area (Å²) in [6.45, 7) is 6.15. The first kappa shape index (κ1) is 15.1. The van der Waals surface area contributed by atoms with Gasteiger partial charge >= 0.3 is 0 Å². The van der Waals surface area contributed by atoms with Gasteiger partial charge in [-0.2, -0.15) is 5.26 Å². The lowest BCUT2D eigenvalue weighted by Crippen LogP contribution is -2.30. The fourth-order valence-corrected chi connectivity index (χ4v) is 1.70. The number of hydrogen-bond acceptors (Lipinski definition) is 5. The molecule has 1 aromatic heterocycles. The van der Waals surface area contributed by atoms with E-state index in [9.17, 15) is 4.79 Å². The van der Waals surface area contributed by atoms with Crippen LogP contribution in [0.1, 0.15) is 29.9 Å². The van der Waals surface area contributed by atoms with Crippen LogP contribution in [0.4, 0.5) is 0 Å². The summed E-state index contributed by atoms with van der Waals surface area (Å²) in [7, 11) is 0. The number of nitrogens with zero attached hydrogens (tertiary/aromatic N) is 3. The largest absolute Gasteiger partial charge is 0.296 e. The molecular formula is C13H19N5O. The van der Waals surface area contributed by atoms with Crippen LogP contribution in [0.3, 0.4) is 0 Å². The van der Waals surface area contributed by atoms with Gasteiger partial charge in [0.2, 0.25) is 0 Å². The third-order valence-corrected chi connectivity index (χ3v) is 2.80. The van der Waals surface area contributed by atoms with Crippen LogP contribution in [0.15, 0.2) is 18.3 Å². The number of pyridine rings is 1. The number of hydrazine groups is 1. The van der Waals surface area contributed by atoms with E-state index in [-0.39, 0.29) is 11.8 Å². The highest BCUT2D eigenvalue weighted by Crippen LogP contribution is 2.06. The molecular weight excluding hydrogens is 242 g/mol. The summed E-state index contributed by atoms with van der Waals surface area (Å²) in [4.78, 5) is 17.6. The number of nitrogens with two attached hydrogens (primary N) is 1. The summed E-state index contributed by atoms with van der Waals surface area (Å²) in [5, 5.41) is 8.82. The Kier molecular flexibility index (Phi) is 5.93. The third-order valence-electron chi connectivity index (χ3n) is 2.80. The molecule has 102 valence electrons. The molecule has 19 heavy (non-hydrogen) atoms. The van der Waals surface area contributed by atoms with Crippen molar-refractivity contribution in [2.75, 3.05) is 13.1 Å². The number of amides is 1. The summed E-state index contributed by atoms with van der Waals surface area (Å²) in [5.74, 6) is 4.68. The first-order valence-electron chi connectivity index (χ1n) is 6.18. The molecule has 3 N–H and O–H groups in total. The Labute approximate surface area is 113 Å². The number of nitrogens with one attached hydrogen (secondary N) is 1. The molecule has 0 saturated heterocycles. The van der Waals surface area contributed by atoms with Gasteiger partial charge in [-0.15, -0.1) is 0 Å². The summed E-state index contributed by atoms with van der Waals surface area (Å²) in [6, 6.07) is 5.70. The molecule has 1 amide bonds. The van der Waals surface area contributed by atoms with Gasteiger partial charge in [0.05, 0.1) is 23.2 Å². The van der Waals surface area contributed by atoms with Crippen LogP contribution in [0.5, 0.6) is 0 Å². The van der Waals surface area contributed by atoms with Crippen LogP contribution in [-0.4, -0.2) is 28.9 Å². The van der Waals surface area contributed by atoms with E-state index in [1.165, 1.54) is 6.20 Å². The van der Waals surface area contributed by atoms with Crippen molar-refractivity contribution >= 4 is 5.91 Å². The predicted octanol–water partition coefficient (Wildman–Crippen LogP) is 0.667. The van der Waals surface area contributed by atoms with Gasteiger partial charge in [-0.05, 0) is 25.6 Å². The normalized spacial score (nSPS) is 11.9. The lowest BCUT2D eigenvalue weighted by Gasteiger charge is -2.20. The summed E-state index contributed by atoms with van der Waals surface area (Å²) < 4.78 is 0. The van der Waals surface area contributed by atoms with Gasteiger partial charge in [0.15, 0.2) is 0 Å². The first-order chi connectivity index (χ1) is 9.10. The predicted molar refractivity (Wildman–Crippen MR) is 71.6 cm³/mol. The van der Waals surface area contributed by atoms with Gasteiger partial charge in [0.25, 0.3) is 5.91 Å². The monoisotopic (exact) mass is 261 g/mol. The topological polar surface area (TPSA) is 95.0 Å². The lowest BCUT2D eigenvalue weighted by atomic mass is 10.2. The third kappa shape index (κ3) is 4.66. The summed E-state index contributed by atoms with van der Waals surface area (Å²) in [6.07, 6.45) is 1.50. The first-order valence-corrected chi connectivity index (χ1v) is 6.18. The van der Waals surface area contributed by atoms with E-state index in [0.29, 0.717) is 18.7 Å². The van der Waals surface area contributed by atoms with E-state index in [2.05, 4.69) is 21.4 Å². The zero-order chi connectivity index (χ0) is 14.3. The van der Waals surface area contributed by atoms with Gasteiger partial charge in [-0.25, -0.2) is 5.84 Å². The number of nitriles is 1. The Bertz CT molecular complexity index is 451. The van der Waals surface area contributed by atoms with E-state index in [1.54, 1.807) is 12.1 Å². The second-order valence-corrected chi connectivity index (χ2v) is 4.37. The van der Waals surface area contributed by atoms with Gasteiger partial charge in [-0.1, -0.05) is 6.92 Å². The van der Waals surface area contributed by atoms with Crippen molar-refractivity contribution < 1.29 is 4.79 Å². The highest BCUT2D eigenvalue weighted by molar-refractivity contribution is 5.93. The zero-order valence-corrected chi connectivity index (χ0v) is 11.3. The lowest BCUT2D eigenvalue weighted by molar-refractivity contribution is 0.0953. The molecule has 0 aromatic carbocycles. The van der Waals surface area contributed by atoms with E-state index in [1.807, 2.05) is 13.8 Å². The Hall–Kier alpha value is -1.97. The summed E-state index contributed by atoms with van der Waals surface area (Å²) >= 11 is 0. The van der Waals surface area contributed by atoms with E-state index in [0.717, 1.165) is 12.2 Å². The molecule has 1 rings (SSSR count). The van der Waals surface area contributed by atoms with Gasteiger partial charge in [0.1, 0.15) is 0 Å². The second-order valence-electron chi connectivity index (χ2n) is 4.37. The Morgan fingerprint density at radius 2 is 2.37 bits per heavy atom. The maximum atomic E-state index is 11.3. The molecule has 0 spiro atoms. The van der Waals surface area contributed by atoms with Crippen molar-refractivity contribution in [3.8, 4) is 6.07 Å². The Balaban J connectivity index is 2.66. The van der Waals surface area contributed by atoms with Crippen LogP contribution >= 0.6 is 0 Å². The van der Waals surface area contributed by atoms with Crippen molar-refractivity contribution in [3.63, 3.8) is 0 Å². The minimum atomic E-state index is -0.357. The van der Waals surface area contributed by atoms with Gasteiger partial charge in [0, 0.05) is 19.3 Å². The quantitative estimate of drug-likeness (QED) is 0.446. The molecule has 0 aliphatic carbocycles. The maximum Gasteiger partial charge on any atom is 0.266 e. The Morgan fingerprint density at radius 3 is 2.84 bits per heavy atom. The Morgan fingerprint density at radius 1 is 1.63 bits per heavy atom. The number of rotatable bonds is 6. The SMILES string of the molecule is CCN(Cc1ccc(C(=O)NN)cn1)CC(C)C#N. The minimum Gasteiger partial charge on any atom is -0.296 e. The number of nitrogen functional groups attached to an aromatic ring is 1. The highest BCUT2D eigenvalue weighted by atomic mass is 16.2. The molecule has 0 saturated carbocycles. The number of carbonyl (C=O) groups is 1. The minimum absolute atomic E-state index is 0.0118. The molecule has 1 heterocycles. The fourth-order valence-electron chi connectivity index (χ4n) is 1.70. The fraction of sp³-hybridized carbons (Fsp3) is 0.462. The average molecular weight is 261 g/mol. The van der Waals surface area contributed by atoms with Crippen molar-refractivity contribution in [1.29, 1.82) is 5.26 Å². The van der Waals surface area contributed by atoms with Crippen LogP contribution in [-0.2, 0) is 6.54 Å². The molecule has 0 aliphatic rings. The molecule has 0 radical (unpaired) electrons. The van der Waals surface area contributed by atoms with Gasteiger partial charge in [-0.3, -0.25) is 20.1 Å². The zero-order valence-electron chi connectivity index (χ0n) is 11.3. The van der Waals surface area contributed by atoms with Crippen molar-refractivity contribution in [3.05, 3.63) is 29.6 Å². The molecule has 6 heteroatoms. The number of aromatic nitrogens is 1. The molecule has 1 aromatic rings. The van der Waals surface area contributed by atoms with Crippen LogP contribution in [0, 0.1) is 17.2 Å². The molecule has 0 bridgehead atoms. The van der Waals surface area contributed by atoms with Crippen molar-refractivity contribution in [2.24, 2.45) is 11.8 Å². The van der Waals surface area contributed by atoms with Crippen molar-refractivity contribution in [1.82, 2.24) is 15.3 Å². The molecule has 1 atom stereocenters. The van der Waals surface area contributed by atoms with Crippen LogP contribution in [0.25, 0.3) is 0 Å². The molecule has 0 aliphatic heterocycles. The standard InChI is InChI=1S/C13H19N5O/c1-3-18(8-10(2)6-14)9-12-5-4-11(7-16-12)13(19)17-15/h4-5,7,10H,3,8-9,15H2,1-2H3,(H,17,19). The number of hydrogen-bond donors (Lipinski definition) is 2. The van der Waals surface area contributed by atoms with E-state index < -0.39 is 0 Å².